The molecule has 24 heavy (non-hydrogen) atoms. The highest BCUT2D eigenvalue weighted by atomic mass is 28.4. The van der Waals surface area contributed by atoms with Crippen molar-refractivity contribution in [2.45, 2.75) is 83.1 Å². The van der Waals surface area contributed by atoms with Crippen molar-refractivity contribution >= 4 is 8.32 Å². The van der Waals surface area contributed by atoms with Gasteiger partial charge in [-0.25, -0.2) is 4.79 Å². The number of fused-ring (bicyclic) bond motifs is 2. The van der Waals surface area contributed by atoms with Crippen molar-refractivity contribution in [1.29, 1.82) is 0 Å². The van der Waals surface area contributed by atoms with Gasteiger partial charge in [0, 0.05) is 6.42 Å². The molecule has 1 aliphatic carbocycles. The summed E-state index contributed by atoms with van der Waals surface area (Å²) < 4.78 is 17.6. The molecule has 0 aromatic carbocycles. The predicted molar refractivity (Wildman–Crippen MR) is 93.6 cm³/mol. The Morgan fingerprint density at radius 3 is 2.54 bits per heavy atom. The molecule has 5 nitrogen and oxygen atoms in total. The average Bonchev–Trinajstić information content (AvgIpc) is 3.23. The van der Waals surface area contributed by atoms with Gasteiger partial charge in [-0.2, -0.15) is 0 Å². The largest absolute Gasteiger partial charge is 0.428 e. The van der Waals surface area contributed by atoms with Crippen LogP contribution in [0.25, 0.3) is 0 Å². The first-order valence-electron chi connectivity index (χ1n) is 8.75. The van der Waals surface area contributed by atoms with Gasteiger partial charge < -0.3 is 18.7 Å². The van der Waals surface area contributed by atoms with E-state index in [-0.39, 0.29) is 17.2 Å². The van der Waals surface area contributed by atoms with Gasteiger partial charge >= 0.3 is 5.63 Å². The molecule has 6 heteroatoms. The van der Waals surface area contributed by atoms with Gasteiger partial charge in [-0.15, -0.1) is 0 Å². The highest BCUT2D eigenvalue weighted by Crippen LogP contribution is 2.52. The molecule has 3 rings (SSSR count). The van der Waals surface area contributed by atoms with Crippen LogP contribution in [0.15, 0.2) is 15.3 Å². The summed E-state index contributed by atoms with van der Waals surface area (Å²) in [4.78, 5) is 12.6. The third-order valence-electron chi connectivity index (χ3n) is 5.57. The molecule has 0 unspecified atom stereocenters. The summed E-state index contributed by atoms with van der Waals surface area (Å²) in [7, 11) is -2.09. The minimum Gasteiger partial charge on any atom is -0.428 e. The van der Waals surface area contributed by atoms with E-state index in [0.29, 0.717) is 23.3 Å². The number of rotatable bonds is 4. The van der Waals surface area contributed by atoms with E-state index in [9.17, 15) is 9.90 Å². The normalized spacial score (nSPS) is 29.1. The lowest BCUT2D eigenvalue weighted by molar-refractivity contribution is 0.119. The van der Waals surface area contributed by atoms with Crippen LogP contribution >= 0.6 is 0 Å². The van der Waals surface area contributed by atoms with Crippen LogP contribution < -0.4 is 5.63 Å². The van der Waals surface area contributed by atoms with E-state index in [2.05, 4.69) is 33.9 Å². The molecular formula is C18H28O5Si. The minimum atomic E-state index is -2.09. The topological polar surface area (TPSA) is 72.2 Å². The lowest BCUT2D eigenvalue weighted by Crippen LogP contribution is -2.45. The first-order valence-corrected chi connectivity index (χ1v) is 11.7. The van der Waals surface area contributed by atoms with E-state index in [4.69, 9.17) is 13.6 Å². The molecule has 1 saturated heterocycles. The fourth-order valence-electron chi connectivity index (χ4n) is 3.06. The summed E-state index contributed by atoms with van der Waals surface area (Å²) in [5, 5.41) is 10.5. The molecule has 0 amide bonds. The molecule has 0 radical (unpaired) electrons. The van der Waals surface area contributed by atoms with E-state index in [0.717, 1.165) is 6.42 Å². The summed E-state index contributed by atoms with van der Waals surface area (Å²) >= 11 is 0. The number of aliphatic hydroxyl groups excluding tert-OH is 1. The smallest absolute Gasteiger partial charge is 0.342 e. The van der Waals surface area contributed by atoms with E-state index in [1.807, 2.05) is 13.0 Å². The molecule has 0 spiro atoms. The molecule has 1 N–H and O–H groups in total. The maximum absolute atomic E-state index is 12.6. The van der Waals surface area contributed by atoms with Crippen molar-refractivity contribution in [2.75, 3.05) is 0 Å². The second-order valence-corrected chi connectivity index (χ2v) is 13.2. The van der Waals surface area contributed by atoms with Gasteiger partial charge in [0.25, 0.3) is 0 Å². The third kappa shape index (κ3) is 2.90. The number of hydrogen-bond donors (Lipinski definition) is 1. The van der Waals surface area contributed by atoms with Gasteiger partial charge in [-0.05, 0) is 36.2 Å². The molecule has 2 heterocycles. The zero-order chi connectivity index (χ0) is 17.9. The van der Waals surface area contributed by atoms with Crippen molar-refractivity contribution in [3.05, 3.63) is 33.4 Å². The first kappa shape index (κ1) is 17.9. The van der Waals surface area contributed by atoms with Gasteiger partial charge in [-0.3, -0.25) is 0 Å². The lowest BCUT2D eigenvalue weighted by atomic mass is 9.88. The Balaban J connectivity index is 2.03. The lowest BCUT2D eigenvalue weighted by Gasteiger charge is -2.40. The van der Waals surface area contributed by atoms with Crippen LogP contribution in [0.3, 0.4) is 0 Å². The van der Waals surface area contributed by atoms with E-state index < -0.39 is 26.2 Å². The van der Waals surface area contributed by atoms with Crippen LogP contribution in [-0.4, -0.2) is 25.6 Å². The molecule has 4 atom stereocenters. The Kier molecular flexibility index (Phi) is 4.31. The second-order valence-electron chi connectivity index (χ2n) is 8.43. The standard InChI is InChI=1S/C18H28O5Si/c1-7-8-10-9-11-12(17(20)21-10)14(16-15(22-16)13(11)19)23-24(5,6)18(2,3)4/h9,13-16,19H,7-8H2,1-6H3/t13-,14+,15+,16-/m0/s1. The zero-order valence-corrected chi connectivity index (χ0v) is 16.4. The fraction of sp³-hybridized carbons (Fsp3) is 0.722. The molecule has 0 bridgehead atoms. The van der Waals surface area contributed by atoms with Gasteiger partial charge in [0.2, 0.25) is 0 Å². The SMILES string of the molecule is CCCc1cc2c(c(=O)o1)[C@@H](O[Si](C)(C)C(C)(C)C)[C@@H]1O[C@@H]1[C@H]2O. The summed E-state index contributed by atoms with van der Waals surface area (Å²) in [6.07, 6.45) is -0.183. The minimum absolute atomic E-state index is 0.0238. The van der Waals surface area contributed by atoms with Crippen molar-refractivity contribution < 1.29 is 18.7 Å². The maximum Gasteiger partial charge on any atom is 0.342 e. The Labute approximate surface area is 144 Å². The highest BCUT2D eigenvalue weighted by Gasteiger charge is 2.58. The van der Waals surface area contributed by atoms with Crippen LogP contribution in [-0.2, 0) is 15.6 Å². The molecule has 1 fully saturated rings. The monoisotopic (exact) mass is 352 g/mol. The molecule has 134 valence electrons. The average molecular weight is 353 g/mol. The molecule has 2 aliphatic rings. The molecule has 1 aliphatic heterocycles. The quantitative estimate of drug-likeness (QED) is 0.663. The van der Waals surface area contributed by atoms with E-state index in [1.54, 1.807) is 0 Å². The van der Waals surface area contributed by atoms with Gasteiger partial charge in [-0.1, -0.05) is 27.7 Å². The number of aliphatic hydroxyl groups is 1. The van der Waals surface area contributed by atoms with Crippen LogP contribution in [0.2, 0.25) is 18.1 Å². The van der Waals surface area contributed by atoms with E-state index >= 15 is 0 Å². The summed E-state index contributed by atoms with van der Waals surface area (Å²) in [6.45, 7) is 12.8. The Morgan fingerprint density at radius 2 is 1.96 bits per heavy atom. The molecule has 0 saturated carbocycles. The van der Waals surface area contributed by atoms with Crippen LogP contribution in [0.1, 0.15) is 63.2 Å². The van der Waals surface area contributed by atoms with Crippen molar-refractivity contribution in [3.63, 3.8) is 0 Å². The maximum atomic E-state index is 12.6. The van der Waals surface area contributed by atoms with E-state index in [1.165, 1.54) is 0 Å². The van der Waals surface area contributed by atoms with Crippen molar-refractivity contribution in [2.24, 2.45) is 0 Å². The first-order chi connectivity index (χ1) is 11.1. The number of hydrogen-bond acceptors (Lipinski definition) is 5. The Hall–Kier alpha value is -0.953. The third-order valence-corrected chi connectivity index (χ3v) is 10.0. The van der Waals surface area contributed by atoms with Crippen molar-refractivity contribution in [1.82, 2.24) is 0 Å². The highest BCUT2D eigenvalue weighted by molar-refractivity contribution is 6.74. The zero-order valence-electron chi connectivity index (χ0n) is 15.4. The van der Waals surface area contributed by atoms with Crippen molar-refractivity contribution in [3.8, 4) is 0 Å². The van der Waals surface area contributed by atoms with Crippen LogP contribution in [0, 0.1) is 0 Å². The summed E-state index contributed by atoms with van der Waals surface area (Å²) in [5.74, 6) is 0.616. The second kappa shape index (κ2) is 5.80. The Bertz CT molecular complexity index is 688. The molecule has 1 aromatic heterocycles. The fourth-order valence-corrected chi connectivity index (χ4v) is 4.30. The Morgan fingerprint density at radius 1 is 1.29 bits per heavy atom. The predicted octanol–water partition coefficient (Wildman–Crippen LogP) is 3.47. The van der Waals surface area contributed by atoms with Crippen LogP contribution in [0.5, 0.6) is 0 Å². The van der Waals surface area contributed by atoms with Gasteiger partial charge in [0.05, 0.1) is 5.56 Å². The number of epoxide rings is 1. The number of aryl methyl sites for hydroxylation is 1. The molecular weight excluding hydrogens is 324 g/mol. The number of ether oxygens (including phenoxy) is 1. The molecule has 1 aromatic rings. The summed E-state index contributed by atoms with van der Waals surface area (Å²) in [5.41, 5.74) is 0.677. The van der Waals surface area contributed by atoms with Gasteiger partial charge in [0.1, 0.15) is 30.2 Å². The summed E-state index contributed by atoms with van der Waals surface area (Å²) in [6, 6.07) is 1.81. The van der Waals surface area contributed by atoms with Gasteiger partial charge in [0.15, 0.2) is 8.32 Å². The van der Waals surface area contributed by atoms with Crippen LogP contribution in [0.4, 0.5) is 0 Å².